The predicted molar refractivity (Wildman–Crippen MR) is 136 cm³/mol. The summed E-state index contributed by atoms with van der Waals surface area (Å²) in [6.45, 7) is 3.77. The summed E-state index contributed by atoms with van der Waals surface area (Å²) in [4.78, 5) is 16.4. The minimum absolute atomic E-state index is 0.134. The van der Waals surface area contributed by atoms with Gasteiger partial charge in [0.1, 0.15) is 0 Å². The van der Waals surface area contributed by atoms with Crippen LogP contribution in [0.25, 0.3) is 11.1 Å². The Hall–Kier alpha value is -3.73. The van der Waals surface area contributed by atoms with Gasteiger partial charge in [-0.25, -0.2) is 8.42 Å². The summed E-state index contributed by atoms with van der Waals surface area (Å²) in [7, 11) is -2.11. The van der Waals surface area contributed by atoms with E-state index >= 15 is 0 Å². The number of nitrogens with two attached hydrogens (primary N) is 1. The summed E-state index contributed by atoms with van der Waals surface area (Å²) < 4.78 is 28.6. The summed E-state index contributed by atoms with van der Waals surface area (Å²) in [5.74, 6) is 5.34. The zero-order chi connectivity index (χ0) is 25.5. The minimum Gasteiger partial charge on any atom is -0.392 e. The van der Waals surface area contributed by atoms with Crippen LogP contribution in [0.1, 0.15) is 29.8 Å². The van der Waals surface area contributed by atoms with Gasteiger partial charge in [0.25, 0.3) is 5.91 Å². The normalized spacial score (nSPS) is 12.2. The van der Waals surface area contributed by atoms with Gasteiger partial charge in [-0.2, -0.15) is 4.72 Å². The van der Waals surface area contributed by atoms with E-state index in [1.807, 2.05) is 24.3 Å². The quantitative estimate of drug-likeness (QED) is 0.215. The molecule has 0 aliphatic rings. The molecule has 2 aromatic carbocycles. The van der Waals surface area contributed by atoms with Crippen molar-refractivity contribution in [2.75, 3.05) is 7.05 Å². The number of nitrogens with zero attached hydrogens (tertiary/aromatic N) is 1. The molecule has 0 radical (unpaired) electrons. The molecular weight excluding hydrogens is 464 g/mol. The number of benzene rings is 2. The van der Waals surface area contributed by atoms with Crippen LogP contribution in [0.5, 0.6) is 0 Å². The molecule has 1 amide bonds. The van der Waals surface area contributed by atoms with E-state index < -0.39 is 15.6 Å². The SMILES string of the molecule is CN/C=C(\NN)C(C)(C)NS(=O)(=O)c1ccc(-c2cccc(CNC(=O)c3cccnc3)c2)cc1. The first-order chi connectivity index (χ1) is 16.7. The topological polar surface area (TPSA) is 138 Å². The molecule has 184 valence electrons. The van der Waals surface area contributed by atoms with Crippen LogP contribution in [0.3, 0.4) is 0 Å². The van der Waals surface area contributed by atoms with Crippen LogP contribution in [0.4, 0.5) is 0 Å². The number of nitrogens with one attached hydrogen (secondary N) is 4. The summed E-state index contributed by atoms with van der Waals surface area (Å²) in [5, 5.41) is 5.72. The van der Waals surface area contributed by atoms with Crippen LogP contribution in [0.15, 0.2) is 89.8 Å². The lowest BCUT2D eigenvalue weighted by Gasteiger charge is -2.28. The summed E-state index contributed by atoms with van der Waals surface area (Å²) >= 11 is 0. The van der Waals surface area contributed by atoms with Gasteiger partial charge in [-0.1, -0.05) is 30.3 Å². The molecule has 1 heterocycles. The average Bonchev–Trinajstić information content (AvgIpc) is 2.86. The average molecular weight is 495 g/mol. The Morgan fingerprint density at radius 3 is 2.43 bits per heavy atom. The molecule has 0 aliphatic heterocycles. The van der Waals surface area contributed by atoms with Crippen molar-refractivity contribution in [2.24, 2.45) is 5.84 Å². The van der Waals surface area contributed by atoms with Crippen molar-refractivity contribution in [3.8, 4) is 11.1 Å². The maximum absolute atomic E-state index is 13.0. The Morgan fingerprint density at radius 1 is 1.06 bits per heavy atom. The summed E-state index contributed by atoms with van der Waals surface area (Å²) in [5.41, 5.74) is 5.20. The second-order valence-electron chi connectivity index (χ2n) is 8.37. The largest absolute Gasteiger partial charge is 0.392 e. The lowest BCUT2D eigenvalue weighted by atomic mass is 10.0. The molecule has 0 fully saturated rings. The molecule has 1 aromatic heterocycles. The van der Waals surface area contributed by atoms with Gasteiger partial charge in [-0.15, -0.1) is 0 Å². The molecule has 0 saturated heterocycles. The van der Waals surface area contributed by atoms with Gasteiger partial charge in [-0.05, 0) is 60.9 Å². The molecule has 10 heteroatoms. The fraction of sp³-hybridized carbons (Fsp3) is 0.200. The number of pyridine rings is 1. The summed E-state index contributed by atoms with van der Waals surface area (Å²) in [6, 6.07) is 17.7. The fourth-order valence-corrected chi connectivity index (χ4v) is 4.86. The van der Waals surface area contributed by atoms with Gasteiger partial charge in [0.15, 0.2) is 0 Å². The molecule has 0 unspecified atom stereocenters. The lowest BCUT2D eigenvalue weighted by Crippen LogP contribution is -2.50. The Labute approximate surface area is 205 Å². The number of aromatic nitrogens is 1. The lowest BCUT2D eigenvalue weighted by molar-refractivity contribution is 0.0950. The first kappa shape index (κ1) is 25.9. The van der Waals surface area contributed by atoms with Crippen LogP contribution in [-0.2, 0) is 16.6 Å². The highest BCUT2D eigenvalue weighted by Crippen LogP contribution is 2.24. The van der Waals surface area contributed by atoms with E-state index in [1.54, 1.807) is 69.7 Å². The number of carbonyl (C=O) groups is 1. The van der Waals surface area contributed by atoms with Crippen LogP contribution >= 0.6 is 0 Å². The predicted octanol–water partition coefficient (Wildman–Crippen LogP) is 2.26. The Bertz CT molecular complexity index is 1290. The summed E-state index contributed by atoms with van der Waals surface area (Å²) in [6.07, 6.45) is 4.72. The number of hydrogen-bond donors (Lipinski definition) is 5. The number of hydrazine groups is 1. The van der Waals surface area contributed by atoms with Crippen molar-refractivity contribution in [1.82, 2.24) is 25.8 Å². The van der Waals surface area contributed by atoms with Crippen molar-refractivity contribution >= 4 is 15.9 Å². The van der Waals surface area contributed by atoms with Gasteiger partial charge in [0.2, 0.25) is 10.0 Å². The van der Waals surface area contributed by atoms with Crippen molar-refractivity contribution in [3.05, 3.63) is 96.1 Å². The second kappa shape index (κ2) is 11.1. The monoisotopic (exact) mass is 494 g/mol. The smallest absolute Gasteiger partial charge is 0.253 e. The van der Waals surface area contributed by atoms with Gasteiger partial charge in [0.05, 0.1) is 21.7 Å². The number of rotatable bonds is 10. The molecular formula is C25H30N6O3S. The maximum atomic E-state index is 13.0. The van der Waals surface area contributed by atoms with E-state index in [2.05, 4.69) is 25.8 Å². The second-order valence-corrected chi connectivity index (χ2v) is 10.1. The third kappa shape index (κ3) is 6.66. The van der Waals surface area contributed by atoms with Gasteiger partial charge in [-0.3, -0.25) is 15.6 Å². The third-order valence-corrected chi connectivity index (χ3v) is 6.98. The Morgan fingerprint density at radius 2 is 1.80 bits per heavy atom. The fourth-order valence-electron chi connectivity index (χ4n) is 3.47. The van der Waals surface area contributed by atoms with Crippen molar-refractivity contribution in [1.29, 1.82) is 0 Å². The number of sulfonamides is 1. The highest BCUT2D eigenvalue weighted by molar-refractivity contribution is 7.89. The Kier molecular flexibility index (Phi) is 8.23. The molecule has 0 spiro atoms. The number of hydrogen-bond acceptors (Lipinski definition) is 7. The maximum Gasteiger partial charge on any atom is 0.253 e. The zero-order valence-electron chi connectivity index (χ0n) is 19.9. The van der Waals surface area contributed by atoms with E-state index in [1.165, 1.54) is 6.20 Å². The Balaban J connectivity index is 1.73. The molecule has 3 rings (SSSR count). The van der Waals surface area contributed by atoms with Gasteiger partial charge < -0.3 is 16.1 Å². The highest BCUT2D eigenvalue weighted by atomic mass is 32.2. The van der Waals surface area contributed by atoms with Crippen LogP contribution < -0.4 is 26.6 Å². The highest BCUT2D eigenvalue weighted by Gasteiger charge is 2.29. The van der Waals surface area contributed by atoms with Crippen molar-refractivity contribution < 1.29 is 13.2 Å². The standard InChI is InChI=1S/C25H30N6O3S/c1-25(2,23(30-26)17-27-3)31-35(33,34)22-11-9-19(10-12-22)20-7-4-6-18(14-20)15-29-24(32)21-8-5-13-28-16-21/h4-14,16-17,27,30-31H,15,26H2,1-3H3,(H,29,32)/b23-17-. The molecule has 0 atom stereocenters. The van der Waals surface area contributed by atoms with E-state index in [-0.39, 0.29) is 10.8 Å². The van der Waals surface area contributed by atoms with Crippen molar-refractivity contribution in [3.63, 3.8) is 0 Å². The molecule has 35 heavy (non-hydrogen) atoms. The van der Waals surface area contributed by atoms with E-state index in [4.69, 9.17) is 5.84 Å². The minimum atomic E-state index is -3.81. The molecule has 0 saturated carbocycles. The first-order valence-corrected chi connectivity index (χ1v) is 12.4. The van der Waals surface area contributed by atoms with Gasteiger partial charge >= 0.3 is 0 Å². The van der Waals surface area contributed by atoms with E-state index in [0.29, 0.717) is 17.8 Å². The molecule has 3 aromatic rings. The van der Waals surface area contributed by atoms with E-state index in [9.17, 15) is 13.2 Å². The molecule has 9 nitrogen and oxygen atoms in total. The molecule has 6 N–H and O–H groups in total. The molecule has 0 aliphatic carbocycles. The third-order valence-electron chi connectivity index (χ3n) is 5.31. The van der Waals surface area contributed by atoms with Gasteiger partial charge in [0, 0.05) is 32.2 Å². The van der Waals surface area contributed by atoms with E-state index in [0.717, 1.165) is 16.7 Å². The number of amides is 1. The van der Waals surface area contributed by atoms with Crippen molar-refractivity contribution in [2.45, 2.75) is 30.8 Å². The number of carbonyl (C=O) groups excluding carboxylic acids is 1. The molecule has 0 bridgehead atoms. The van der Waals surface area contributed by atoms with Crippen LogP contribution in [-0.4, -0.2) is 31.9 Å². The first-order valence-electron chi connectivity index (χ1n) is 10.9. The van der Waals surface area contributed by atoms with Crippen LogP contribution in [0, 0.1) is 0 Å². The zero-order valence-corrected chi connectivity index (χ0v) is 20.7. The van der Waals surface area contributed by atoms with Crippen LogP contribution in [0.2, 0.25) is 0 Å².